The Labute approximate surface area is 149 Å². The molecule has 0 radical (unpaired) electrons. The molecule has 3 atom stereocenters. The number of likely N-dealkylation sites (tertiary alicyclic amines) is 1. The predicted molar refractivity (Wildman–Crippen MR) is 98.7 cm³/mol. The Morgan fingerprint density at radius 2 is 2.04 bits per heavy atom. The van der Waals surface area contributed by atoms with Crippen molar-refractivity contribution in [2.75, 3.05) is 13.1 Å². The minimum atomic E-state index is 0.147. The van der Waals surface area contributed by atoms with Gasteiger partial charge in [0.05, 0.1) is 0 Å². The van der Waals surface area contributed by atoms with Crippen LogP contribution in [0.2, 0.25) is 0 Å². The van der Waals surface area contributed by atoms with E-state index in [9.17, 15) is 4.79 Å². The molecule has 2 fully saturated rings. The maximum atomic E-state index is 13.1. The molecule has 2 aromatic rings. The van der Waals surface area contributed by atoms with Crippen molar-refractivity contribution in [1.82, 2.24) is 20.3 Å². The second-order valence-corrected chi connectivity index (χ2v) is 7.21. The fourth-order valence-corrected chi connectivity index (χ4v) is 4.18. The van der Waals surface area contributed by atoms with Gasteiger partial charge in [-0.15, -0.1) is 0 Å². The third kappa shape index (κ3) is 2.98. The lowest BCUT2D eigenvalue weighted by molar-refractivity contribution is 0.0652. The van der Waals surface area contributed by atoms with Crippen molar-refractivity contribution < 1.29 is 4.79 Å². The molecule has 1 aromatic heterocycles. The van der Waals surface area contributed by atoms with E-state index >= 15 is 0 Å². The van der Waals surface area contributed by atoms with E-state index in [4.69, 9.17) is 0 Å². The number of hydrazine groups is 1. The number of piperidine rings is 1. The Bertz CT molecular complexity index is 749. The number of carbonyl (C=O) groups excluding carboxylic acids is 1. The minimum Gasteiger partial charge on any atom is -0.338 e. The molecule has 5 nitrogen and oxygen atoms in total. The second-order valence-electron chi connectivity index (χ2n) is 7.21. The zero-order valence-electron chi connectivity index (χ0n) is 14.9. The molecular weight excluding hydrogens is 312 g/mol. The molecule has 3 heterocycles. The fourth-order valence-electron chi connectivity index (χ4n) is 4.18. The molecular formula is C20H26N4O. The zero-order valence-corrected chi connectivity index (χ0v) is 14.9. The highest BCUT2D eigenvalue weighted by atomic mass is 16.2. The van der Waals surface area contributed by atoms with Gasteiger partial charge in [0.1, 0.15) is 0 Å². The molecule has 1 aromatic carbocycles. The third-order valence-electron chi connectivity index (χ3n) is 5.69. The first-order valence-corrected chi connectivity index (χ1v) is 9.21. The van der Waals surface area contributed by atoms with Gasteiger partial charge in [-0.25, -0.2) is 0 Å². The number of hydrogen-bond acceptors (Lipinski definition) is 3. The predicted octanol–water partition coefficient (Wildman–Crippen LogP) is 2.50. The Balaban J connectivity index is 1.56. The average molecular weight is 338 g/mol. The molecule has 0 aliphatic carbocycles. The Kier molecular flexibility index (Phi) is 4.36. The number of benzene rings is 1. The quantitative estimate of drug-likeness (QED) is 0.904. The molecule has 0 saturated carbocycles. The van der Waals surface area contributed by atoms with E-state index in [1.165, 1.54) is 5.56 Å². The lowest BCUT2D eigenvalue weighted by atomic mass is 9.87. The SMILES string of the molecule is CCC1NNC2CCN(C(=O)c3ccc(C)c(-n4cccc4)c3)CC12. The van der Waals surface area contributed by atoms with Gasteiger partial charge in [-0.05, 0) is 49.6 Å². The first-order chi connectivity index (χ1) is 12.2. The van der Waals surface area contributed by atoms with Crippen LogP contribution in [0.4, 0.5) is 0 Å². The van der Waals surface area contributed by atoms with Crippen molar-refractivity contribution in [1.29, 1.82) is 0 Å². The summed E-state index contributed by atoms with van der Waals surface area (Å²) in [4.78, 5) is 15.1. The second kappa shape index (κ2) is 6.65. The molecule has 0 spiro atoms. The molecule has 2 aliphatic heterocycles. The monoisotopic (exact) mass is 338 g/mol. The molecule has 3 unspecified atom stereocenters. The minimum absolute atomic E-state index is 0.147. The Morgan fingerprint density at radius 3 is 2.80 bits per heavy atom. The first kappa shape index (κ1) is 16.4. The smallest absolute Gasteiger partial charge is 0.253 e. The van der Waals surface area contributed by atoms with Gasteiger partial charge in [-0.2, -0.15) is 0 Å². The molecule has 0 bridgehead atoms. The maximum Gasteiger partial charge on any atom is 0.253 e. The van der Waals surface area contributed by atoms with Crippen LogP contribution >= 0.6 is 0 Å². The molecule has 2 N–H and O–H groups in total. The van der Waals surface area contributed by atoms with Crippen LogP contribution in [0.5, 0.6) is 0 Å². The number of amides is 1. The van der Waals surface area contributed by atoms with E-state index in [2.05, 4.69) is 29.3 Å². The number of nitrogens with one attached hydrogen (secondary N) is 2. The number of aromatic nitrogens is 1. The average Bonchev–Trinajstić information content (AvgIpc) is 3.30. The molecule has 2 aliphatic rings. The van der Waals surface area contributed by atoms with E-state index < -0.39 is 0 Å². The van der Waals surface area contributed by atoms with Gasteiger partial charge < -0.3 is 9.47 Å². The van der Waals surface area contributed by atoms with Gasteiger partial charge in [0, 0.05) is 54.7 Å². The molecule has 25 heavy (non-hydrogen) atoms. The van der Waals surface area contributed by atoms with Crippen LogP contribution < -0.4 is 10.9 Å². The summed E-state index contributed by atoms with van der Waals surface area (Å²) >= 11 is 0. The topological polar surface area (TPSA) is 49.3 Å². The summed E-state index contributed by atoms with van der Waals surface area (Å²) in [5.41, 5.74) is 9.81. The van der Waals surface area contributed by atoms with Gasteiger partial charge in [0.25, 0.3) is 5.91 Å². The van der Waals surface area contributed by atoms with E-state index in [-0.39, 0.29) is 5.91 Å². The number of aryl methyl sites for hydroxylation is 1. The van der Waals surface area contributed by atoms with Crippen LogP contribution in [0.3, 0.4) is 0 Å². The largest absolute Gasteiger partial charge is 0.338 e. The number of fused-ring (bicyclic) bond motifs is 1. The molecule has 5 heteroatoms. The summed E-state index contributed by atoms with van der Waals surface area (Å²) in [6.07, 6.45) is 6.13. The summed E-state index contributed by atoms with van der Waals surface area (Å²) in [7, 11) is 0. The van der Waals surface area contributed by atoms with E-state index in [0.717, 1.165) is 37.2 Å². The van der Waals surface area contributed by atoms with Crippen molar-refractivity contribution in [3.05, 3.63) is 53.9 Å². The summed E-state index contributed by atoms with van der Waals surface area (Å²) in [5, 5.41) is 0. The standard InChI is InChI=1S/C20H26N4O/c1-3-17-16-13-24(11-8-18(16)22-21-17)20(25)15-7-6-14(2)19(12-15)23-9-4-5-10-23/h4-7,9-10,12,16-18,21-22H,3,8,11,13H2,1-2H3. The molecule has 4 rings (SSSR count). The van der Waals surface area contributed by atoms with Crippen molar-refractivity contribution in [3.8, 4) is 5.69 Å². The number of nitrogens with zero attached hydrogens (tertiary/aromatic N) is 2. The highest BCUT2D eigenvalue weighted by Gasteiger charge is 2.40. The highest BCUT2D eigenvalue weighted by Crippen LogP contribution is 2.27. The summed E-state index contributed by atoms with van der Waals surface area (Å²) in [5.74, 6) is 0.644. The lowest BCUT2D eigenvalue weighted by Crippen LogP contribution is -2.48. The summed E-state index contributed by atoms with van der Waals surface area (Å²) in [6.45, 7) is 5.93. The number of carbonyl (C=O) groups is 1. The van der Waals surface area contributed by atoms with Crippen molar-refractivity contribution >= 4 is 5.91 Å². The van der Waals surface area contributed by atoms with Gasteiger partial charge in [-0.3, -0.25) is 15.6 Å². The number of hydrogen-bond donors (Lipinski definition) is 2. The van der Waals surface area contributed by atoms with Crippen LogP contribution in [0.25, 0.3) is 5.69 Å². The third-order valence-corrected chi connectivity index (χ3v) is 5.69. The summed E-state index contributed by atoms with van der Waals surface area (Å²) < 4.78 is 2.07. The summed E-state index contributed by atoms with van der Waals surface area (Å²) in [6, 6.07) is 11.0. The van der Waals surface area contributed by atoms with Crippen LogP contribution in [0.1, 0.15) is 35.7 Å². The van der Waals surface area contributed by atoms with Gasteiger partial charge in [-0.1, -0.05) is 13.0 Å². The van der Waals surface area contributed by atoms with E-state index in [1.54, 1.807) is 0 Å². The van der Waals surface area contributed by atoms with Crippen molar-refractivity contribution in [3.63, 3.8) is 0 Å². The van der Waals surface area contributed by atoms with Crippen LogP contribution in [-0.4, -0.2) is 40.5 Å². The molecule has 1 amide bonds. The lowest BCUT2D eigenvalue weighted by Gasteiger charge is -2.36. The molecule has 132 valence electrons. The van der Waals surface area contributed by atoms with E-state index in [0.29, 0.717) is 18.0 Å². The normalized spacial score (nSPS) is 25.8. The van der Waals surface area contributed by atoms with Gasteiger partial charge in [0.2, 0.25) is 0 Å². The zero-order chi connectivity index (χ0) is 17.4. The van der Waals surface area contributed by atoms with Crippen LogP contribution in [0, 0.1) is 12.8 Å². The molecule has 2 saturated heterocycles. The maximum absolute atomic E-state index is 13.1. The fraction of sp³-hybridized carbons (Fsp3) is 0.450. The van der Waals surface area contributed by atoms with Crippen molar-refractivity contribution in [2.45, 2.75) is 38.8 Å². The van der Waals surface area contributed by atoms with Crippen molar-refractivity contribution in [2.24, 2.45) is 5.92 Å². The van der Waals surface area contributed by atoms with E-state index in [1.807, 2.05) is 47.6 Å². The Morgan fingerprint density at radius 1 is 1.24 bits per heavy atom. The Hall–Kier alpha value is -2.11. The van der Waals surface area contributed by atoms with Gasteiger partial charge >= 0.3 is 0 Å². The number of rotatable bonds is 3. The van der Waals surface area contributed by atoms with Crippen LogP contribution in [-0.2, 0) is 0 Å². The first-order valence-electron chi connectivity index (χ1n) is 9.21. The van der Waals surface area contributed by atoms with Gasteiger partial charge in [0.15, 0.2) is 0 Å². The highest BCUT2D eigenvalue weighted by molar-refractivity contribution is 5.95. The van der Waals surface area contributed by atoms with Crippen LogP contribution in [0.15, 0.2) is 42.7 Å².